The van der Waals surface area contributed by atoms with E-state index in [-0.39, 0.29) is 0 Å². The van der Waals surface area contributed by atoms with Gasteiger partial charge in [-0.05, 0) is 12.1 Å². The number of anilines is 1. The van der Waals surface area contributed by atoms with Crippen molar-refractivity contribution < 1.29 is 14.7 Å². The Hall–Kier alpha value is -1.75. The molecule has 1 aliphatic rings. The van der Waals surface area contributed by atoms with Crippen molar-refractivity contribution in [3.05, 3.63) is 28.7 Å². The van der Waals surface area contributed by atoms with Gasteiger partial charge in [0, 0.05) is 34.9 Å². The molecule has 1 saturated heterocycles. The number of carbonyl (C=O) groups excluding carboxylic acids is 1. The van der Waals surface area contributed by atoms with E-state index >= 15 is 0 Å². The van der Waals surface area contributed by atoms with Gasteiger partial charge in [0.1, 0.15) is 0 Å². The molecule has 0 atom stereocenters. The maximum atomic E-state index is 10.8. The van der Waals surface area contributed by atoms with E-state index in [1.54, 1.807) is 17.3 Å². The summed E-state index contributed by atoms with van der Waals surface area (Å²) < 4.78 is 5.25. The Morgan fingerprint density at radius 1 is 1.31 bits per heavy atom. The molecule has 0 spiro atoms. The van der Waals surface area contributed by atoms with Crippen molar-refractivity contribution in [1.29, 1.82) is 0 Å². The molecule has 0 unspecified atom stereocenters. The Morgan fingerprint density at radius 3 is 2.69 bits per heavy atom. The molecule has 1 heterocycles. The summed E-state index contributed by atoms with van der Waals surface area (Å²) in [5, 5.41) is 1.75. The topological polar surface area (TPSA) is 60.6 Å². The zero-order valence-electron chi connectivity index (χ0n) is 8.81. The van der Waals surface area contributed by atoms with Gasteiger partial charge in [0.15, 0.2) is 6.29 Å². The summed E-state index contributed by atoms with van der Waals surface area (Å²) in [5.41, 5.74) is 1.65. The highest BCUT2D eigenvalue weighted by atomic mass is 16.5. The van der Waals surface area contributed by atoms with Crippen molar-refractivity contribution in [2.24, 2.45) is 0 Å². The summed E-state index contributed by atoms with van der Waals surface area (Å²) in [5.74, 6) is 0. The van der Waals surface area contributed by atoms with E-state index in [2.05, 4.69) is 4.90 Å². The first kappa shape index (κ1) is 10.8. The molecule has 1 aromatic rings. The molecule has 0 saturated carbocycles. The Labute approximate surface area is 93.0 Å². The number of benzene rings is 1. The van der Waals surface area contributed by atoms with Crippen molar-refractivity contribution in [3.63, 3.8) is 0 Å². The number of carbonyl (C=O) groups is 1. The first-order valence-corrected chi connectivity index (χ1v) is 5.15. The van der Waals surface area contributed by atoms with Crippen molar-refractivity contribution >= 4 is 17.7 Å². The highest BCUT2D eigenvalue weighted by Gasteiger charge is 2.14. The number of hydrogen-bond acceptors (Lipinski definition) is 4. The van der Waals surface area contributed by atoms with Gasteiger partial charge < -0.3 is 9.64 Å². The van der Waals surface area contributed by atoms with Gasteiger partial charge in [-0.3, -0.25) is 4.79 Å². The molecular formula is C11H13N2O3+. The predicted molar refractivity (Wildman–Crippen MR) is 58.9 cm³/mol. The van der Waals surface area contributed by atoms with E-state index in [9.17, 15) is 9.70 Å². The lowest BCUT2D eigenvalue weighted by atomic mass is 10.1. The first-order valence-electron chi connectivity index (χ1n) is 5.15. The number of hydrogen-bond donors (Lipinski definition) is 1. The molecule has 1 aromatic carbocycles. The number of rotatable bonds is 3. The van der Waals surface area contributed by atoms with E-state index in [1.807, 2.05) is 6.07 Å². The second-order valence-corrected chi connectivity index (χ2v) is 3.59. The normalized spacial score (nSPS) is 15.9. The van der Waals surface area contributed by atoms with E-state index in [0.29, 0.717) is 30.8 Å². The zero-order chi connectivity index (χ0) is 11.4. The highest BCUT2D eigenvalue weighted by Crippen LogP contribution is 2.20. The summed E-state index contributed by atoms with van der Waals surface area (Å²) in [6, 6.07) is 5.18. The van der Waals surface area contributed by atoms with Gasteiger partial charge in [0.25, 0.3) is 5.69 Å². The Balaban J connectivity index is 2.27. The number of ether oxygens (including phenoxy) is 1. The third-order valence-corrected chi connectivity index (χ3v) is 2.65. The Bertz CT molecular complexity index is 400. The molecule has 5 heteroatoms. The van der Waals surface area contributed by atoms with Crippen LogP contribution in [0.25, 0.3) is 0 Å². The Morgan fingerprint density at radius 2 is 2.06 bits per heavy atom. The maximum absolute atomic E-state index is 10.8. The smallest absolute Gasteiger partial charge is 0.263 e. The second-order valence-electron chi connectivity index (χ2n) is 3.59. The van der Waals surface area contributed by atoms with Crippen LogP contribution in [-0.4, -0.2) is 32.6 Å². The van der Waals surface area contributed by atoms with Crippen LogP contribution in [0.15, 0.2) is 18.2 Å². The van der Waals surface area contributed by atoms with Crippen LogP contribution in [-0.2, 0) is 4.74 Å². The first-order chi connectivity index (χ1) is 7.85. The predicted octanol–water partition coefficient (Wildman–Crippen LogP) is -0.186. The maximum Gasteiger partial charge on any atom is 0.263 e. The van der Waals surface area contributed by atoms with Crippen LogP contribution in [0, 0.1) is 4.91 Å². The summed E-state index contributed by atoms with van der Waals surface area (Å²) in [6.45, 7) is 3.00. The van der Waals surface area contributed by atoms with Crippen molar-refractivity contribution in [3.8, 4) is 0 Å². The van der Waals surface area contributed by atoms with Crippen LogP contribution in [0.5, 0.6) is 0 Å². The van der Waals surface area contributed by atoms with Crippen LogP contribution in [0.1, 0.15) is 10.4 Å². The third-order valence-electron chi connectivity index (χ3n) is 2.65. The van der Waals surface area contributed by atoms with Crippen molar-refractivity contribution in [1.82, 2.24) is 0 Å². The number of nitrogens with zero attached hydrogens (tertiary/aromatic N) is 1. The van der Waals surface area contributed by atoms with Crippen LogP contribution in [0.2, 0.25) is 0 Å². The summed E-state index contributed by atoms with van der Waals surface area (Å²) in [4.78, 5) is 23.5. The number of morpholine rings is 1. The summed E-state index contributed by atoms with van der Waals surface area (Å²) >= 11 is 0. The zero-order valence-corrected chi connectivity index (χ0v) is 8.81. The molecule has 16 heavy (non-hydrogen) atoms. The lowest BCUT2D eigenvalue weighted by molar-refractivity contribution is -0.379. The third kappa shape index (κ3) is 2.09. The molecule has 0 aromatic heterocycles. The van der Waals surface area contributed by atoms with Crippen LogP contribution in [0.4, 0.5) is 11.4 Å². The van der Waals surface area contributed by atoms with Crippen molar-refractivity contribution in [2.75, 3.05) is 31.2 Å². The highest BCUT2D eigenvalue weighted by molar-refractivity contribution is 5.83. The lowest BCUT2D eigenvalue weighted by Gasteiger charge is -2.28. The van der Waals surface area contributed by atoms with Crippen LogP contribution in [0.3, 0.4) is 0 Å². The average molecular weight is 221 g/mol. The molecule has 2 rings (SSSR count). The SMILES string of the molecule is O=Cc1cc(N2CCOCC2)ccc1[NH+]=O. The van der Waals surface area contributed by atoms with Gasteiger partial charge in [-0.2, -0.15) is 0 Å². The fourth-order valence-electron chi connectivity index (χ4n) is 1.76. The molecule has 0 aliphatic carbocycles. The molecule has 1 fully saturated rings. The molecule has 0 amide bonds. The standard InChI is InChI=1S/C11H12N2O3/c14-8-9-7-10(1-2-11(9)12-15)13-3-5-16-6-4-13/h1-2,7-8H,3-6H2/p+1. The number of aldehydes is 1. The minimum Gasteiger partial charge on any atom is -0.378 e. The van der Waals surface area contributed by atoms with E-state index < -0.39 is 0 Å². The van der Waals surface area contributed by atoms with Crippen molar-refractivity contribution in [2.45, 2.75) is 0 Å². The van der Waals surface area contributed by atoms with Gasteiger partial charge in [0.2, 0.25) is 0 Å². The fourth-order valence-corrected chi connectivity index (χ4v) is 1.76. The van der Waals surface area contributed by atoms with Gasteiger partial charge in [-0.15, -0.1) is 0 Å². The summed E-state index contributed by atoms with van der Waals surface area (Å²) in [7, 11) is 0. The fraction of sp³-hybridized carbons (Fsp3) is 0.364. The molecule has 84 valence electrons. The second kappa shape index (κ2) is 4.85. The minimum atomic E-state index is 0.312. The van der Waals surface area contributed by atoms with E-state index in [4.69, 9.17) is 4.74 Å². The minimum absolute atomic E-state index is 0.312. The number of nitrogens with one attached hydrogen (secondary N) is 1. The largest absolute Gasteiger partial charge is 0.378 e. The molecular weight excluding hydrogens is 208 g/mol. The van der Waals surface area contributed by atoms with Gasteiger partial charge >= 0.3 is 0 Å². The number of nitroso groups, excluding NO2 is 1. The Kier molecular flexibility index (Phi) is 3.26. The van der Waals surface area contributed by atoms with Crippen LogP contribution >= 0.6 is 0 Å². The van der Waals surface area contributed by atoms with Crippen LogP contribution < -0.4 is 10.1 Å². The van der Waals surface area contributed by atoms with Gasteiger partial charge in [-0.1, -0.05) is 0 Å². The summed E-state index contributed by atoms with van der Waals surface area (Å²) in [6.07, 6.45) is 0.685. The average Bonchev–Trinajstić information content (AvgIpc) is 2.39. The monoisotopic (exact) mass is 221 g/mol. The van der Waals surface area contributed by atoms with Gasteiger partial charge in [-0.25, -0.2) is 0 Å². The molecule has 1 N–H and O–H groups in total. The van der Waals surface area contributed by atoms with E-state index in [1.165, 1.54) is 0 Å². The quantitative estimate of drug-likeness (QED) is 0.719. The molecule has 0 bridgehead atoms. The molecule has 0 radical (unpaired) electrons. The van der Waals surface area contributed by atoms with E-state index in [0.717, 1.165) is 18.8 Å². The molecule has 5 nitrogen and oxygen atoms in total. The lowest BCUT2D eigenvalue weighted by Crippen LogP contribution is -2.56. The van der Waals surface area contributed by atoms with Gasteiger partial charge in [0.05, 0.1) is 18.8 Å². The molecule has 1 aliphatic heterocycles.